The zero-order chi connectivity index (χ0) is 12.1. The van der Waals surface area contributed by atoms with Crippen molar-refractivity contribution in [2.75, 3.05) is 26.8 Å². The predicted molar refractivity (Wildman–Crippen MR) is 71.3 cm³/mol. The molecule has 2 atom stereocenters. The molecule has 0 aromatic heterocycles. The largest absolute Gasteiger partial charge is 0.383 e. The monoisotopic (exact) mass is 240 g/mol. The first-order valence-electron chi connectivity index (χ1n) is 7.32. The van der Waals surface area contributed by atoms with Gasteiger partial charge in [-0.1, -0.05) is 13.3 Å². The van der Waals surface area contributed by atoms with Crippen LogP contribution in [0.4, 0.5) is 0 Å². The summed E-state index contributed by atoms with van der Waals surface area (Å²) in [6.45, 7) is 5.65. The van der Waals surface area contributed by atoms with E-state index in [9.17, 15) is 0 Å². The highest BCUT2D eigenvalue weighted by atomic mass is 16.5. The van der Waals surface area contributed by atoms with Crippen molar-refractivity contribution in [2.45, 2.75) is 63.6 Å². The summed E-state index contributed by atoms with van der Waals surface area (Å²) in [4.78, 5) is 2.65. The Balaban J connectivity index is 1.80. The summed E-state index contributed by atoms with van der Waals surface area (Å²) in [5, 5.41) is 3.78. The number of nitrogens with zero attached hydrogens (tertiary/aromatic N) is 1. The quantitative estimate of drug-likeness (QED) is 0.737. The van der Waals surface area contributed by atoms with Gasteiger partial charge in [0, 0.05) is 31.8 Å². The van der Waals surface area contributed by atoms with Crippen molar-refractivity contribution < 1.29 is 4.74 Å². The number of methoxy groups -OCH3 is 1. The molecule has 0 bridgehead atoms. The summed E-state index contributed by atoms with van der Waals surface area (Å²) in [5.41, 5.74) is 0. The Bertz CT molecular complexity index is 212. The van der Waals surface area contributed by atoms with Gasteiger partial charge in [0.05, 0.1) is 6.61 Å². The number of rotatable bonds is 7. The lowest BCUT2D eigenvalue weighted by molar-refractivity contribution is 0.0614. The fourth-order valence-electron chi connectivity index (χ4n) is 2.95. The number of likely N-dealkylation sites (tertiary alicyclic amines) is 1. The zero-order valence-electron chi connectivity index (χ0n) is 11.5. The maximum Gasteiger partial charge on any atom is 0.0618 e. The highest BCUT2D eigenvalue weighted by Crippen LogP contribution is 2.23. The van der Waals surface area contributed by atoms with Crippen LogP contribution in [0.25, 0.3) is 0 Å². The van der Waals surface area contributed by atoms with Crippen LogP contribution in [0.2, 0.25) is 0 Å². The molecular formula is C14H28N2O. The smallest absolute Gasteiger partial charge is 0.0618 e. The van der Waals surface area contributed by atoms with E-state index in [0.717, 1.165) is 18.7 Å². The van der Waals surface area contributed by atoms with Gasteiger partial charge >= 0.3 is 0 Å². The second-order valence-corrected chi connectivity index (χ2v) is 5.67. The van der Waals surface area contributed by atoms with E-state index in [4.69, 9.17) is 4.74 Å². The number of piperidine rings is 1. The van der Waals surface area contributed by atoms with E-state index < -0.39 is 0 Å². The maximum atomic E-state index is 5.38. The van der Waals surface area contributed by atoms with Gasteiger partial charge in [-0.05, 0) is 38.6 Å². The standard InChI is InChI=1S/C14H28N2O/c1-3-5-14(11-17-2)16-9-4-6-13(10-16)15-12-7-8-12/h12-15H,3-11H2,1-2H3. The fraction of sp³-hybridized carbons (Fsp3) is 1.00. The molecular weight excluding hydrogens is 212 g/mol. The lowest BCUT2D eigenvalue weighted by Gasteiger charge is -2.38. The Morgan fingerprint density at radius 2 is 2.12 bits per heavy atom. The first-order chi connectivity index (χ1) is 8.33. The van der Waals surface area contributed by atoms with E-state index in [1.807, 2.05) is 7.11 Å². The van der Waals surface area contributed by atoms with Crippen LogP contribution in [0.5, 0.6) is 0 Å². The first kappa shape index (κ1) is 13.3. The van der Waals surface area contributed by atoms with Crippen LogP contribution in [-0.2, 0) is 4.74 Å². The van der Waals surface area contributed by atoms with Crippen LogP contribution in [0.15, 0.2) is 0 Å². The lowest BCUT2D eigenvalue weighted by atomic mass is 10.0. The molecule has 0 radical (unpaired) electrons. The van der Waals surface area contributed by atoms with Gasteiger partial charge in [0.15, 0.2) is 0 Å². The normalized spacial score (nSPS) is 28.2. The molecule has 0 spiro atoms. The van der Waals surface area contributed by atoms with E-state index in [2.05, 4.69) is 17.1 Å². The predicted octanol–water partition coefficient (Wildman–Crippen LogP) is 2.02. The van der Waals surface area contributed by atoms with Gasteiger partial charge in [-0.25, -0.2) is 0 Å². The van der Waals surface area contributed by atoms with Gasteiger partial charge in [0.1, 0.15) is 0 Å². The Labute approximate surface area is 106 Å². The Morgan fingerprint density at radius 3 is 2.76 bits per heavy atom. The van der Waals surface area contributed by atoms with E-state index in [-0.39, 0.29) is 0 Å². The van der Waals surface area contributed by atoms with Gasteiger partial charge in [-0.2, -0.15) is 0 Å². The summed E-state index contributed by atoms with van der Waals surface area (Å²) < 4.78 is 5.38. The first-order valence-corrected chi connectivity index (χ1v) is 7.32. The fourth-order valence-corrected chi connectivity index (χ4v) is 2.95. The van der Waals surface area contributed by atoms with Gasteiger partial charge in [0.2, 0.25) is 0 Å². The molecule has 1 aliphatic heterocycles. The third-order valence-electron chi connectivity index (χ3n) is 4.00. The zero-order valence-corrected chi connectivity index (χ0v) is 11.5. The number of ether oxygens (including phenoxy) is 1. The van der Waals surface area contributed by atoms with Crippen molar-refractivity contribution in [3.8, 4) is 0 Å². The van der Waals surface area contributed by atoms with E-state index in [1.165, 1.54) is 51.6 Å². The Hall–Kier alpha value is -0.120. The minimum atomic E-state index is 0.633. The van der Waals surface area contributed by atoms with Crippen LogP contribution in [0.3, 0.4) is 0 Å². The Kier molecular flexibility index (Phi) is 5.26. The van der Waals surface area contributed by atoms with Crippen LogP contribution >= 0.6 is 0 Å². The van der Waals surface area contributed by atoms with Crippen molar-refractivity contribution in [1.82, 2.24) is 10.2 Å². The molecule has 0 aromatic rings. The van der Waals surface area contributed by atoms with Gasteiger partial charge in [-0.3, -0.25) is 4.90 Å². The molecule has 0 amide bonds. The topological polar surface area (TPSA) is 24.5 Å². The van der Waals surface area contributed by atoms with Crippen molar-refractivity contribution in [1.29, 1.82) is 0 Å². The molecule has 100 valence electrons. The third-order valence-corrected chi connectivity index (χ3v) is 4.00. The highest BCUT2D eigenvalue weighted by molar-refractivity contribution is 4.89. The van der Waals surface area contributed by atoms with E-state index >= 15 is 0 Å². The molecule has 3 heteroatoms. The average Bonchev–Trinajstić information content (AvgIpc) is 3.13. The maximum absolute atomic E-state index is 5.38. The number of hydrogen-bond acceptors (Lipinski definition) is 3. The third kappa shape index (κ3) is 4.23. The molecule has 2 aliphatic rings. The summed E-state index contributed by atoms with van der Waals surface area (Å²) in [6, 6.07) is 2.20. The summed E-state index contributed by atoms with van der Waals surface area (Å²) in [5.74, 6) is 0. The molecule has 1 saturated carbocycles. The minimum Gasteiger partial charge on any atom is -0.383 e. The number of nitrogens with one attached hydrogen (secondary N) is 1. The molecule has 0 aromatic carbocycles. The van der Waals surface area contributed by atoms with Crippen LogP contribution in [0.1, 0.15) is 45.4 Å². The van der Waals surface area contributed by atoms with Crippen LogP contribution in [0, 0.1) is 0 Å². The van der Waals surface area contributed by atoms with Crippen molar-refractivity contribution in [2.24, 2.45) is 0 Å². The summed E-state index contributed by atoms with van der Waals surface area (Å²) in [6.07, 6.45) is 8.02. The Morgan fingerprint density at radius 1 is 1.29 bits per heavy atom. The molecule has 1 N–H and O–H groups in total. The molecule has 17 heavy (non-hydrogen) atoms. The van der Waals surface area contributed by atoms with Crippen LogP contribution in [-0.4, -0.2) is 49.8 Å². The van der Waals surface area contributed by atoms with Crippen LogP contribution < -0.4 is 5.32 Å². The van der Waals surface area contributed by atoms with Gasteiger partial charge in [-0.15, -0.1) is 0 Å². The van der Waals surface area contributed by atoms with E-state index in [0.29, 0.717) is 6.04 Å². The van der Waals surface area contributed by atoms with E-state index in [1.54, 1.807) is 0 Å². The second-order valence-electron chi connectivity index (χ2n) is 5.67. The average molecular weight is 240 g/mol. The molecule has 1 heterocycles. The summed E-state index contributed by atoms with van der Waals surface area (Å²) >= 11 is 0. The van der Waals surface area contributed by atoms with Gasteiger partial charge < -0.3 is 10.1 Å². The lowest BCUT2D eigenvalue weighted by Crippen LogP contribution is -2.51. The van der Waals surface area contributed by atoms with Crippen molar-refractivity contribution in [3.05, 3.63) is 0 Å². The molecule has 3 nitrogen and oxygen atoms in total. The number of hydrogen-bond donors (Lipinski definition) is 1. The molecule has 2 rings (SSSR count). The van der Waals surface area contributed by atoms with Crippen molar-refractivity contribution >= 4 is 0 Å². The molecule has 1 saturated heterocycles. The van der Waals surface area contributed by atoms with Crippen molar-refractivity contribution in [3.63, 3.8) is 0 Å². The summed E-state index contributed by atoms with van der Waals surface area (Å²) in [7, 11) is 1.83. The molecule has 1 aliphatic carbocycles. The highest BCUT2D eigenvalue weighted by Gasteiger charge is 2.29. The van der Waals surface area contributed by atoms with Gasteiger partial charge in [0.25, 0.3) is 0 Å². The SMILES string of the molecule is CCCC(COC)N1CCCC(NC2CC2)C1. The molecule has 2 unspecified atom stereocenters. The minimum absolute atomic E-state index is 0.633. The second kappa shape index (κ2) is 6.72. The molecule has 2 fully saturated rings.